The molecule has 2 heterocycles. The molecule has 2 aromatic heterocycles. The number of ether oxygens (including phenoxy) is 1. The Kier molecular flexibility index (Phi) is 5.79. The van der Waals surface area contributed by atoms with E-state index in [-0.39, 0.29) is 11.4 Å². The van der Waals surface area contributed by atoms with Gasteiger partial charge in [-0.2, -0.15) is 13.2 Å². The molecule has 0 radical (unpaired) electrons. The number of pyridine rings is 1. The second kappa shape index (κ2) is 8.57. The van der Waals surface area contributed by atoms with Gasteiger partial charge in [-0.3, -0.25) is 0 Å². The molecule has 3 N–H and O–H groups in total. The van der Waals surface area contributed by atoms with Crippen molar-refractivity contribution in [3.8, 4) is 17.3 Å². The molecule has 4 aromatic rings. The molecule has 0 saturated carbocycles. The van der Waals surface area contributed by atoms with Crippen LogP contribution in [0.1, 0.15) is 17.2 Å². The molecule has 2 aromatic carbocycles. The summed E-state index contributed by atoms with van der Waals surface area (Å²) < 4.78 is 45.2. The molecule has 0 bridgehead atoms. The minimum absolute atomic E-state index is 0.00442. The van der Waals surface area contributed by atoms with Crippen LogP contribution in [0.3, 0.4) is 0 Å². The lowest BCUT2D eigenvalue weighted by Gasteiger charge is -2.13. The van der Waals surface area contributed by atoms with Crippen molar-refractivity contribution in [2.75, 3.05) is 0 Å². The van der Waals surface area contributed by atoms with Crippen LogP contribution in [0, 0.1) is 0 Å². The molecule has 0 aliphatic carbocycles. The molecule has 10 heteroatoms. The van der Waals surface area contributed by atoms with E-state index in [2.05, 4.69) is 4.98 Å². The van der Waals surface area contributed by atoms with Gasteiger partial charge >= 0.3 is 12.1 Å². The van der Waals surface area contributed by atoms with E-state index in [9.17, 15) is 28.2 Å². The number of aliphatic hydroxyl groups is 2. The van der Waals surface area contributed by atoms with Crippen LogP contribution in [0.5, 0.6) is 11.6 Å². The zero-order chi connectivity index (χ0) is 23.8. The molecule has 0 amide bonds. The predicted octanol–water partition coefficient (Wildman–Crippen LogP) is 4.32. The van der Waals surface area contributed by atoms with Crippen molar-refractivity contribution >= 4 is 16.9 Å². The Morgan fingerprint density at radius 1 is 1.00 bits per heavy atom. The number of fused-ring (bicyclic) bond motifs is 1. The van der Waals surface area contributed by atoms with Gasteiger partial charge in [0, 0.05) is 35.1 Å². The summed E-state index contributed by atoms with van der Waals surface area (Å²) in [7, 11) is 0. The van der Waals surface area contributed by atoms with Gasteiger partial charge in [-0.15, -0.1) is 0 Å². The first-order valence-electron chi connectivity index (χ1n) is 9.65. The Labute approximate surface area is 184 Å². The molecule has 4 rings (SSSR count). The molecule has 0 fully saturated rings. The van der Waals surface area contributed by atoms with Crippen LogP contribution in [0.2, 0.25) is 0 Å². The Bertz CT molecular complexity index is 1280. The maximum atomic E-state index is 12.7. The lowest BCUT2D eigenvalue weighted by molar-refractivity contribution is -0.153. The van der Waals surface area contributed by atoms with Crippen LogP contribution in [-0.4, -0.2) is 36.9 Å². The average molecular weight is 458 g/mol. The van der Waals surface area contributed by atoms with Crippen molar-refractivity contribution in [3.05, 3.63) is 84.2 Å². The number of carboxylic acids is 1. The van der Waals surface area contributed by atoms with Crippen LogP contribution < -0.4 is 4.74 Å². The third-order valence-electron chi connectivity index (χ3n) is 5.01. The van der Waals surface area contributed by atoms with E-state index in [1.165, 1.54) is 6.20 Å². The van der Waals surface area contributed by atoms with Crippen molar-refractivity contribution < 1.29 is 38.0 Å². The summed E-state index contributed by atoms with van der Waals surface area (Å²) in [6.45, 7) is 0. The molecule has 2 atom stereocenters. The molecular weight excluding hydrogens is 441 g/mol. The highest BCUT2D eigenvalue weighted by Crippen LogP contribution is 2.32. The summed E-state index contributed by atoms with van der Waals surface area (Å²) in [5.74, 6) is -1.21. The number of carbonyl (C=O) groups is 1. The molecule has 2 unspecified atom stereocenters. The number of halogens is 3. The van der Waals surface area contributed by atoms with Crippen molar-refractivity contribution in [1.29, 1.82) is 0 Å². The highest BCUT2D eigenvalue weighted by molar-refractivity contribution is 5.87. The van der Waals surface area contributed by atoms with Crippen molar-refractivity contribution in [1.82, 2.24) is 9.55 Å². The van der Waals surface area contributed by atoms with Gasteiger partial charge in [-0.25, -0.2) is 9.78 Å². The summed E-state index contributed by atoms with van der Waals surface area (Å²) >= 11 is 0. The van der Waals surface area contributed by atoms with Gasteiger partial charge in [0.15, 0.2) is 6.10 Å². The van der Waals surface area contributed by atoms with Crippen molar-refractivity contribution in [2.24, 2.45) is 0 Å². The number of hydrogen-bond acceptors (Lipinski definition) is 5. The lowest BCUT2D eigenvalue weighted by atomic mass is 10.0. The first kappa shape index (κ1) is 22.3. The molecule has 33 heavy (non-hydrogen) atoms. The molecule has 0 saturated heterocycles. The number of alkyl halides is 3. The second-order valence-electron chi connectivity index (χ2n) is 7.18. The van der Waals surface area contributed by atoms with Gasteiger partial charge < -0.3 is 24.6 Å². The number of nitrogens with zero attached hydrogens (tertiary/aromatic N) is 2. The molecular formula is C23H17F3N2O5. The van der Waals surface area contributed by atoms with Gasteiger partial charge in [-0.1, -0.05) is 18.2 Å². The number of aliphatic carboxylic acids is 1. The smallest absolute Gasteiger partial charge is 0.417 e. The normalized spacial score (nSPS) is 13.6. The number of hydrogen-bond donors (Lipinski definition) is 3. The number of para-hydroxylation sites is 1. The number of rotatable bonds is 6. The van der Waals surface area contributed by atoms with Crippen LogP contribution in [0.4, 0.5) is 13.2 Å². The summed E-state index contributed by atoms with van der Waals surface area (Å²) in [4.78, 5) is 14.8. The van der Waals surface area contributed by atoms with E-state index in [0.717, 1.165) is 12.1 Å². The SMILES string of the molecule is O=C(O)C(O)C(O)c1cn(-c2ccc(Oc3ccc(C(F)(F)F)cn3)cc2)c2ccccc12. The van der Waals surface area contributed by atoms with Gasteiger partial charge in [0.1, 0.15) is 11.9 Å². The predicted molar refractivity (Wildman–Crippen MR) is 111 cm³/mol. The van der Waals surface area contributed by atoms with E-state index >= 15 is 0 Å². The third-order valence-corrected chi connectivity index (χ3v) is 5.01. The van der Waals surface area contributed by atoms with Crippen LogP contribution in [-0.2, 0) is 11.0 Å². The van der Waals surface area contributed by atoms with Crippen molar-refractivity contribution in [2.45, 2.75) is 18.4 Å². The zero-order valence-corrected chi connectivity index (χ0v) is 16.8. The first-order chi connectivity index (χ1) is 15.6. The van der Waals surface area contributed by atoms with E-state index in [1.54, 1.807) is 53.1 Å². The molecule has 0 aliphatic rings. The van der Waals surface area contributed by atoms with E-state index in [1.807, 2.05) is 0 Å². The van der Waals surface area contributed by atoms with Crippen LogP contribution >= 0.6 is 0 Å². The van der Waals surface area contributed by atoms with Gasteiger partial charge in [0.2, 0.25) is 5.88 Å². The standard InChI is InChI=1S/C23H17F3N2O5/c24-23(25,26)13-5-10-19(27-11-13)33-15-8-6-14(7-9-15)28-12-17(20(29)21(30)22(31)32)16-3-1-2-4-18(16)28/h1-12,20-21,29-30H,(H,31,32). The fraction of sp³-hybridized carbons (Fsp3) is 0.130. The van der Waals surface area contributed by atoms with Gasteiger partial charge in [0.05, 0.1) is 11.1 Å². The van der Waals surface area contributed by atoms with Crippen LogP contribution in [0.25, 0.3) is 16.6 Å². The summed E-state index contributed by atoms with van der Waals surface area (Å²) in [5.41, 5.74) is 0.676. The molecule has 170 valence electrons. The third kappa shape index (κ3) is 4.52. The molecule has 0 aliphatic heterocycles. The summed E-state index contributed by atoms with van der Waals surface area (Å²) in [5, 5.41) is 29.7. The largest absolute Gasteiger partial charge is 0.479 e. The van der Waals surface area contributed by atoms with Gasteiger partial charge in [0.25, 0.3) is 0 Å². The molecule has 7 nitrogen and oxygen atoms in total. The number of aromatic nitrogens is 2. The maximum Gasteiger partial charge on any atom is 0.417 e. The van der Waals surface area contributed by atoms with E-state index < -0.39 is 29.9 Å². The monoisotopic (exact) mass is 458 g/mol. The second-order valence-corrected chi connectivity index (χ2v) is 7.18. The Morgan fingerprint density at radius 3 is 2.30 bits per heavy atom. The topological polar surface area (TPSA) is 105 Å². The summed E-state index contributed by atoms with van der Waals surface area (Å²) in [6.07, 6.45) is -5.89. The quantitative estimate of drug-likeness (QED) is 0.398. The van der Waals surface area contributed by atoms with E-state index in [4.69, 9.17) is 9.84 Å². The lowest BCUT2D eigenvalue weighted by Crippen LogP contribution is -2.27. The Morgan fingerprint density at radius 2 is 1.70 bits per heavy atom. The highest BCUT2D eigenvalue weighted by Gasteiger charge is 2.31. The zero-order valence-electron chi connectivity index (χ0n) is 16.8. The van der Waals surface area contributed by atoms with Gasteiger partial charge in [-0.05, 0) is 36.4 Å². The molecule has 0 spiro atoms. The average Bonchev–Trinajstić information content (AvgIpc) is 3.18. The van der Waals surface area contributed by atoms with Crippen LogP contribution in [0.15, 0.2) is 73.1 Å². The number of aliphatic hydroxyl groups excluding tert-OH is 2. The minimum Gasteiger partial charge on any atom is -0.479 e. The maximum absolute atomic E-state index is 12.7. The number of carboxylic acid groups (broad SMARTS) is 1. The Hall–Kier alpha value is -3.89. The Balaban J connectivity index is 1.61. The fourth-order valence-corrected chi connectivity index (χ4v) is 3.36. The fourth-order valence-electron chi connectivity index (χ4n) is 3.36. The first-order valence-corrected chi connectivity index (χ1v) is 9.65. The number of benzene rings is 2. The van der Waals surface area contributed by atoms with Crippen molar-refractivity contribution in [3.63, 3.8) is 0 Å². The van der Waals surface area contributed by atoms with E-state index in [0.29, 0.717) is 28.5 Å². The highest BCUT2D eigenvalue weighted by atomic mass is 19.4. The summed E-state index contributed by atoms with van der Waals surface area (Å²) in [6, 6.07) is 15.5. The minimum atomic E-state index is -4.49.